The normalized spacial score (nSPS) is 23.6. The summed E-state index contributed by atoms with van der Waals surface area (Å²) in [7, 11) is 0. The minimum atomic E-state index is -1.20. The summed E-state index contributed by atoms with van der Waals surface area (Å²) in [6.07, 6.45) is -0.378. The van der Waals surface area contributed by atoms with E-state index in [0.29, 0.717) is 19.1 Å². The minimum absolute atomic E-state index is 0.106. The molecule has 0 radical (unpaired) electrons. The number of rotatable bonds is 5. The molecule has 0 amide bonds. The highest BCUT2D eigenvalue weighted by molar-refractivity contribution is 5.22. The van der Waals surface area contributed by atoms with E-state index in [0.717, 1.165) is 11.6 Å². The fraction of sp³-hybridized carbons (Fsp3) is 0.333. The molecule has 3 atom stereocenters. The summed E-state index contributed by atoms with van der Waals surface area (Å²) >= 11 is 0. The van der Waals surface area contributed by atoms with Crippen molar-refractivity contribution in [1.82, 2.24) is 0 Å². The molecule has 0 spiro atoms. The summed E-state index contributed by atoms with van der Waals surface area (Å²) in [5.74, 6) is -3.15. The van der Waals surface area contributed by atoms with Crippen molar-refractivity contribution >= 4 is 0 Å². The first kappa shape index (κ1) is 16.0. The van der Waals surface area contributed by atoms with Crippen molar-refractivity contribution in [3.63, 3.8) is 0 Å². The number of benzene rings is 2. The van der Waals surface area contributed by atoms with Gasteiger partial charge in [0.15, 0.2) is 11.6 Å². The van der Waals surface area contributed by atoms with Crippen LogP contribution < -0.4 is 0 Å². The number of hydrogen-bond donors (Lipinski definition) is 1. The molecule has 1 aliphatic carbocycles. The molecule has 0 bridgehead atoms. The molecule has 1 N–H and O–H groups in total. The van der Waals surface area contributed by atoms with Gasteiger partial charge >= 0.3 is 0 Å². The summed E-state index contributed by atoms with van der Waals surface area (Å²) in [6.45, 7) is 0.347. The van der Waals surface area contributed by atoms with Gasteiger partial charge in [0.25, 0.3) is 0 Å². The van der Waals surface area contributed by atoms with Crippen LogP contribution in [0.4, 0.5) is 13.2 Å². The van der Waals surface area contributed by atoms with Gasteiger partial charge in [0.2, 0.25) is 0 Å². The molecule has 0 aromatic heterocycles. The van der Waals surface area contributed by atoms with Crippen LogP contribution in [0.3, 0.4) is 0 Å². The highest BCUT2D eigenvalue weighted by atomic mass is 19.2. The summed E-state index contributed by atoms with van der Waals surface area (Å²) in [4.78, 5) is 0. The van der Waals surface area contributed by atoms with E-state index in [1.165, 1.54) is 0 Å². The Hall–Kier alpha value is -1.85. The summed E-state index contributed by atoms with van der Waals surface area (Å²) in [5.41, 5.74) is 1.08. The van der Waals surface area contributed by atoms with Gasteiger partial charge in [-0.3, -0.25) is 0 Å². The van der Waals surface area contributed by atoms with Crippen LogP contribution in [0.15, 0.2) is 42.5 Å². The lowest BCUT2D eigenvalue weighted by Crippen LogP contribution is -2.49. The fourth-order valence-electron chi connectivity index (χ4n) is 2.91. The summed E-state index contributed by atoms with van der Waals surface area (Å²) in [5, 5.41) is 9.85. The van der Waals surface area contributed by atoms with E-state index in [4.69, 9.17) is 4.74 Å². The summed E-state index contributed by atoms with van der Waals surface area (Å²) in [6, 6.07) is 10.9. The van der Waals surface area contributed by atoms with Crippen LogP contribution in [-0.2, 0) is 17.8 Å². The van der Waals surface area contributed by atoms with Crippen LogP contribution in [0.1, 0.15) is 17.5 Å². The smallest absolute Gasteiger partial charge is 0.161 e. The predicted molar refractivity (Wildman–Crippen MR) is 79.2 cm³/mol. The van der Waals surface area contributed by atoms with Crippen molar-refractivity contribution in [2.75, 3.05) is 0 Å². The molecule has 0 saturated heterocycles. The maximum Gasteiger partial charge on any atom is 0.161 e. The largest absolute Gasteiger partial charge is 0.390 e. The molecule has 2 nitrogen and oxygen atoms in total. The molecule has 1 saturated carbocycles. The van der Waals surface area contributed by atoms with Crippen molar-refractivity contribution in [3.8, 4) is 0 Å². The zero-order valence-electron chi connectivity index (χ0n) is 12.4. The lowest BCUT2D eigenvalue weighted by atomic mass is 9.75. The number of halogens is 3. The molecular weight excluding hydrogens is 305 g/mol. The average molecular weight is 322 g/mol. The monoisotopic (exact) mass is 322 g/mol. The zero-order chi connectivity index (χ0) is 16.4. The Morgan fingerprint density at radius 2 is 1.70 bits per heavy atom. The van der Waals surface area contributed by atoms with Gasteiger partial charge in [0.05, 0.1) is 18.8 Å². The van der Waals surface area contributed by atoms with Crippen LogP contribution >= 0.6 is 0 Å². The van der Waals surface area contributed by atoms with Crippen molar-refractivity contribution in [3.05, 3.63) is 71.0 Å². The third-order valence-electron chi connectivity index (χ3n) is 4.24. The topological polar surface area (TPSA) is 29.5 Å². The second-order valence-electron chi connectivity index (χ2n) is 5.89. The first-order valence-corrected chi connectivity index (χ1v) is 7.51. The van der Waals surface area contributed by atoms with Crippen molar-refractivity contribution in [2.24, 2.45) is 5.92 Å². The van der Waals surface area contributed by atoms with Crippen LogP contribution in [0.2, 0.25) is 0 Å². The third kappa shape index (κ3) is 3.57. The highest BCUT2D eigenvalue weighted by Gasteiger charge is 2.41. The van der Waals surface area contributed by atoms with Gasteiger partial charge in [-0.05, 0) is 36.0 Å². The van der Waals surface area contributed by atoms with E-state index in [1.54, 1.807) is 0 Å². The Morgan fingerprint density at radius 3 is 2.39 bits per heavy atom. The fourth-order valence-corrected chi connectivity index (χ4v) is 2.91. The molecule has 5 heteroatoms. The molecule has 2 aromatic carbocycles. The Bertz CT molecular complexity index is 675. The van der Waals surface area contributed by atoms with E-state index in [1.807, 2.05) is 30.3 Å². The number of hydrogen-bond acceptors (Lipinski definition) is 2. The molecular formula is C18H17F3O2. The highest BCUT2D eigenvalue weighted by Crippen LogP contribution is 2.35. The van der Waals surface area contributed by atoms with Gasteiger partial charge in [-0.15, -0.1) is 0 Å². The first-order valence-electron chi connectivity index (χ1n) is 7.51. The van der Waals surface area contributed by atoms with Crippen LogP contribution in [0.5, 0.6) is 0 Å². The second kappa shape index (κ2) is 6.72. The molecule has 122 valence electrons. The molecule has 0 heterocycles. The van der Waals surface area contributed by atoms with Crippen LogP contribution in [0.25, 0.3) is 0 Å². The molecule has 1 aliphatic rings. The van der Waals surface area contributed by atoms with Gasteiger partial charge in [0.1, 0.15) is 5.82 Å². The second-order valence-corrected chi connectivity index (χ2v) is 5.89. The lowest BCUT2D eigenvalue weighted by Gasteiger charge is -2.41. The maximum absolute atomic E-state index is 13.7. The SMILES string of the molecule is OC1CC(Cc2cc(F)c(F)cc2F)C1OCc1ccccc1. The Balaban J connectivity index is 1.63. The molecule has 2 aromatic rings. The minimum Gasteiger partial charge on any atom is -0.390 e. The van der Waals surface area contributed by atoms with Gasteiger partial charge in [0, 0.05) is 6.07 Å². The Morgan fingerprint density at radius 1 is 1.00 bits per heavy atom. The molecule has 0 aliphatic heterocycles. The lowest BCUT2D eigenvalue weighted by molar-refractivity contribution is -0.144. The van der Waals surface area contributed by atoms with Gasteiger partial charge < -0.3 is 9.84 Å². The zero-order valence-corrected chi connectivity index (χ0v) is 12.4. The number of ether oxygens (including phenoxy) is 1. The number of aliphatic hydroxyl groups is 1. The van der Waals surface area contributed by atoms with E-state index < -0.39 is 29.7 Å². The van der Waals surface area contributed by atoms with Crippen LogP contribution in [0, 0.1) is 23.4 Å². The predicted octanol–water partition coefficient (Wildman–Crippen LogP) is 3.61. The van der Waals surface area contributed by atoms with E-state index in [9.17, 15) is 18.3 Å². The molecule has 1 fully saturated rings. The number of aliphatic hydroxyl groups excluding tert-OH is 1. The van der Waals surface area contributed by atoms with Crippen LogP contribution in [-0.4, -0.2) is 17.3 Å². The Labute approximate surface area is 132 Å². The van der Waals surface area contributed by atoms with Crippen molar-refractivity contribution in [2.45, 2.75) is 31.7 Å². The van der Waals surface area contributed by atoms with Crippen molar-refractivity contribution in [1.29, 1.82) is 0 Å². The quantitative estimate of drug-likeness (QED) is 0.852. The first-order chi connectivity index (χ1) is 11.0. The maximum atomic E-state index is 13.7. The van der Waals surface area contributed by atoms with E-state index >= 15 is 0 Å². The molecule has 3 rings (SSSR count). The average Bonchev–Trinajstić information content (AvgIpc) is 2.53. The third-order valence-corrected chi connectivity index (χ3v) is 4.24. The van der Waals surface area contributed by atoms with Crippen molar-refractivity contribution < 1.29 is 23.0 Å². The standard InChI is InChI=1S/C18H17F3O2/c19-14-9-16(21)15(20)7-12(14)6-13-8-17(22)18(13)23-10-11-4-2-1-3-5-11/h1-5,7,9,13,17-18,22H,6,8,10H2. The van der Waals surface area contributed by atoms with Gasteiger partial charge in [-0.25, -0.2) is 13.2 Å². The van der Waals surface area contributed by atoms with E-state index in [2.05, 4.69) is 0 Å². The molecule has 3 unspecified atom stereocenters. The Kier molecular flexibility index (Phi) is 4.68. The molecule has 23 heavy (non-hydrogen) atoms. The van der Waals surface area contributed by atoms with E-state index in [-0.39, 0.29) is 17.9 Å². The van der Waals surface area contributed by atoms with Gasteiger partial charge in [-0.2, -0.15) is 0 Å². The summed E-state index contributed by atoms with van der Waals surface area (Å²) < 4.78 is 45.6. The van der Waals surface area contributed by atoms with Gasteiger partial charge in [-0.1, -0.05) is 30.3 Å².